The Morgan fingerprint density at radius 2 is 1.61 bits per heavy atom. The molecule has 1 spiro atoms. The SMILES string of the molecule is CC.CC1=CC2/C=C(C)/C=C/C[C@@H](OC(=O)CCC(=O)NCCCCCCNC(=O)Cc3cc(=O)oc4cc(N(C)C)ccc34)/C=C3C=C/C(=C4\C(=O)O[C@]2(CC1C)C4=O)OC/3. The van der Waals surface area contributed by atoms with Gasteiger partial charge in [0.25, 0.3) is 0 Å². The fourth-order valence-electron chi connectivity index (χ4n) is 7.93. The normalized spacial score (nSPS) is 25.1. The highest BCUT2D eigenvalue weighted by atomic mass is 16.6. The number of Topliss-reactive ketones (excluding diaryl/α,β-unsaturated/α-hetero) is 1. The van der Waals surface area contributed by atoms with Crippen molar-refractivity contribution in [3.8, 4) is 0 Å². The number of ketones is 1. The number of carbonyl (C=O) groups excluding carboxylic acids is 5. The summed E-state index contributed by atoms with van der Waals surface area (Å²) in [6.45, 7) is 11.0. The Balaban J connectivity index is 0.00000358. The summed E-state index contributed by atoms with van der Waals surface area (Å²) < 4.78 is 23.0. The molecule has 4 bridgehead atoms. The van der Waals surface area contributed by atoms with Gasteiger partial charge in [0, 0.05) is 75.6 Å². The van der Waals surface area contributed by atoms with E-state index in [1.54, 1.807) is 24.3 Å². The minimum Gasteiger partial charge on any atom is -0.488 e. The molecular formula is C49H61N3O10. The van der Waals surface area contributed by atoms with Gasteiger partial charge >= 0.3 is 17.6 Å². The van der Waals surface area contributed by atoms with Crippen LogP contribution in [0.5, 0.6) is 0 Å². The number of hydrogen-bond donors (Lipinski definition) is 2. The van der Waals surface area contributed by atoms with Gasteiger partial charge in [0.1, 0.15) is 29.6 Å². The zero-order valence-electron chi connectivity index (χ0n) is 37.1. The van der Waals surface area contributed by atoms with Gasteiger partial charge in [0.05, 0.1) is 12.8 Å². The highest BCUT2D eigenvalue weighted by Crippen LogP contribution is 2.47. The number of benzene rings is 1. The summed E-state index contributed by atoms with van der Waals surface area (Å²) in [5.41, 5.74) is 2.73. The number of hydrogen-bond acceptors (Lipinski definition) is 11. The lowest BCUT2D eigenvalue weighted by atomic mass is 9.69. The first-order chi connectivity index (χ1) is 29.7. The third-order valence-electron chi connectivity index (χ3n) is 11.4. The molecule has 7 rings (SSSR count). The van der Waals surface area contributed by atoms with Gasteiger partial charge in [-0.3, -0.25) is 19.2 Å². The molecule has 2 aromatic rings. The molecule has 1 aromatic carbocycles. The summed E-state index contributed by atoms with van der Waals surface area (Å²) in [5.74, 6) is -2.23. The van der Waals surface area contributed by atoms with Gasteiger partial charge in [0.15, 0.2) is 5.60 Å². The van der Waals surface area contributed by atoms with Crippen molar-refractivity contribution >= 4 is 46.2 Å². The average Bonchev–Trinajstić information content (AvgIpc) is 3.48. The van der Waals surface area contributed by atoms with Gasteiger partial charge < -0.3 is 34.2 Å². The number of rotatable bonds is 14. The van der Waals surface area contributed by atoms with Crippen LogP contribution < -0.4 is 21.2 Å². The van der Waals surface area contributed by atoms with Crippen molar-refractivity contribution in [2.24, 2.45) is 11.8 Å². The Bertz CT molecular complexity index is 2270. The maximum Gasteiger partial charge on any atom is 0.346 e. The van der Waals surface area contributed by atoms with Crippen molar-refractivity contribution in [1.29, 1.82) is 0 Å². The number of unbranched alkanes of at least 4 members (excludes halogenated alkanes) is 3. The molecule has 2 unspecified atom stereocenters. The number of esters is 2. The standard InChI is InChI=1S/C47H55N3O10.C2H6/c1-29-11-10-12-36(23-32-13-16-38(57-28-32)44-45(55)47(60-46(44)56)27-31(3)30(2)22-34(47)21-29)58-42(53)18-17-40(51)48-19-8-6-7-9-20-49-41(52)24-33-25-43(54)59-39-26-35(50(4)5)14-15-37(33)39;1-2/h10-11,13-16,21-23,25-26,31,34,36H,6-9,12,17-20,24,27-28H2,1-5H3,(H,48,51)(H,49,52);1-2H3/b11-10+,29-21+,32-23-,44-38+;/t31?,34?,36-,47+;/m1./s1. The van der Waals surface area contributed by atoms with Crippen LogP contribution in [-0.2, 0) is 44.6 Å². The zero-order valence-corrected chi connectivity index (χ0v) is 37.1. The van der Waals surface area contributed by atoms with Crippen molar-refractivity contribution in [2.75, 3.05) is 38.7 Å². The van der Waals surface area contributed by atoms with Crippen LogP contribution in [0.1, 0.15) is 91.5 Å². The van der Waals surface area contributed by atoms with Gasteiger partial charge in [-0.15, -0.1) is 0 Å². The van der Waals surface area contributed by atoms with Crippen LogP contribution in [0, 0.1) is 11.8 Å². The molecule has 1 aromatic heterocycles. The van der Waals surface area contributed by atoms with E-state index < -0.39 is 35.2 Å². The van der Waals surface area contributed by atoms with Gasteiger partial charge in [0.2, 0.25) is 17.6 Å². The van der Waals surface area contributed by atoms with E-state index in [-0.39, 0.29) is 60.7 Å². The summed E-state index contributed by atoms with van der Waals surface area (Å²) in [6, 6.07) is 6.92. The van der Waals surface area contributed by atoms with Crippen molar-refractivity contribution in [2.45, 2.75) is 104 Å². The fraction of sp³-hybridized carbons (Fsp3) is 0.469. The number of nitrogens with zero attached hydrogens (tertiary/aromatic N) is 1. The van der Waals surface area contributed by atoms with Crippen LogP contribution in [0.4, 0.5) is 5.69 Å². The van der Waals surface area contributed by atoms with Gasteiger partial charge in [-0.2, -0.15) is 0 Å². The topological polar surface area (TPSA) is 171 Å². The Morgan fingerprint density at radius 3 is 2.31 bits per heavy atom. The number of amides is 2. The first-order valence-corrected chi connectivity index (χ1v) is 21.8. The summed E-state index contributed by atoms with van der Waals surface area (Å²) in [6.07, 6.45) is 16.2. The van der Waals surface area contributed by atoms with Crippen molar-refractivity contribution < 1.29 is 42.6 Å². The molecule has 1 saturated heterocycles. The third kappa shape index (κ3) is 11.9. The number of anilines is 1. The van der Waals surface area contributed by atoms with Crippen molar-refractivity contribution in [1.82, 2.24) is 10.6 Å². The lowest BCUT2D eigenvalue weighted by Gasteiger charge is -2.38. The predicted molar refractivity (Wildman–Crippen MR) is 238 cm³/mol. The average molecular weight is 852 g/mol. The largest absolute Gasteiger partial charge is 0.488 e. The molecular weight excluding hydrogens is 791 g/mol. The molecule has 62 heavy (non-hydrogen) atoms. The summed E-state index contributed by atoms with van der Waals surface area (Å²) in [5, 5.41) is 6.52. The minimum absolute atomic E-state index is 0.0138. The van der Waals surface area contributed by atoms with E-state index in [2.05, 4.69) is 10.6 Å². The molecule has 4 heterocycles. The van der Waals surface area contributed by atoms with Crippen LogP contribution in [0.2, 0.25) is 0 Å². The first kappa shape index (κ1) is 47.1. The Kier molecular flexibility index (Phi) is 16.5. The molecule has 2 aliphatic carbocycles. The number of nitrogens with one attached hydrogen (secondary N) is 2. The summed E-state index contributed by atoms with van der Waals surface area (Å²) >= 11 is 0. The smallest absolute Gasteiger partial charge is 0.346 e. The molecule has 0 saturated carbocycles. The molecule has 1 fully saturated rings. The molecule has 4 atom stereocenters. The van der Waals surface area contributed by atoms with Crippen molar-refractivity contribution in [3.63, 3.8) is 0 Å². The third-order valence-corrected chi connectivity index (χ3v) is 11.4. The van der Waals surface area contributed by atoms with Crippen LogP contribution in [-0.4, -0.2) is 75.0 Å². The Hall–Kier alpha value is -5.98. The van der Waals surface area contributed by atoms with E-state index in [0.717, 1.165) is 47.9 Å². The van der Waals surface area contributed by atoms with E-state index in [1.807, 2.05) is 90.1 Å². The van der Waals surface area contributed by atoms with E-state index >= 15 is 0 Å². The monoisotopic (exact) mass is 851 g/mol. The van der Waals surface area contributed by atoms with Gasteiger partial charge in [-0.05, 0) is 68.0 Å². The molecule has 2 N–H and O–H groups in total. The van der Waals surface area contributed by atoms with E-state index in [9.17, 15) is 28.8 Å². The molecule has 3 aliphatic heterocycles. The molecule has 332 valence electrons. The molecule has 0 radical (unpaired) electrons. The number of carbonyl (C=O) groups is 5. The highest BCUT2D eigenvalue weighted by Gasteiger charge is 2.59. The number of ether oxygens (including phenoxy) is 3. The molecule has 13 nitrogen and oxygen atoms in total. The minimum atomic E-state index is -1.34. The summed E-state index contributed by atoms with van der Waals surface area (Å²) in [4.78, 5) is 79.3. The van der Waals surface area contributed by atoms with Crippen LogP contribution in [0.25, 0.3) is 11.0 Å². The number of allylic oxidation sites excluding steroid dienone is 4. The van der Waals surface area contributed by atoms with Crippen LogP contribution in [0.3, 0.4) is 0 Å². The van der Waals surface area contributed by atoms with Crippen LogP contribution >= 0.6 is 0 Å². The van der Waals surface area contributed by atoms with Crippen molar-refractivity contribution in [3.05, 3.63) is 111 Å². The first-order valence-electron chi connectivity index (χ1n) is 21.8. The quantitative estimate of drug-likeness (QED) is 0.0657. The molecule has 13 heteroatoms. The molecule has 5 aliphatic rings. The lowest BCUT2D eigenvalue weighted by Crippen LogP contribution is -2.47. The zero-order chi connectivity index (χ0) is 45.0. The van der Waals surface area contributed by atoms with Gasteiger partial charge in [-0.1, -0.05) is 75.1 Å². The fourth-order valence-corrected chi connectivity index (χ4v) is 7.93. The van der Waals surface area contributed by atoms with Gasteiger partial charge in [-0.25, -0.2) is 9.59 Å². The Morgan fingerprint density at radius 1 is 0.887 bits per heavy atom. The van der Waals surface area contributed by atoms with Crippen LogP contribution in [0.15, 0.2) is 104 Å². The second kappa shape index (κ2) is 21.7. The van der Waals surface area contributed by atoms with E-state index in [1.165, 1.54) is 6.07 Å². The maximum atomic E-state index is 14.0. The Labute approximate surface area is 364 Å². The number of fused-ring (bicyclic) bond motifs is 6. The highest BCUT2D eigenvalue weighted by molar-refractivity contribution is 6.26. The maximum absolute atomic E-state index is 14.0. The van der Waals surface area contributed by atoms with E-state index in [4.69, 9.17) is 18.6 Å². The second-order valence-electron chi connectivity index (χ2n) is 16.3. The second-order valence-corrected chi connectivity index (χ2v) is 16.3. The summed E-state index contributed by atoms with van der Waals surface area (Å²) in [7, 11) is 3.80. The van der Waals surface area contributed by atoms with E-state index in [0.29, 0.717) is 42.7 Å². The lowest BCUT2D eigenvalue weighted by molar-refractivity contribution is -0.156. The molecule has 2 amide bonds. The predicted octanol–water partition coefficient (Wildman–Crippen LogP) is 7.05.